The van der Waals surface area contributed by atoms with Crippen LogP contribution in [-0.4, -0.2) is 46.9 Å². The Bertz CT molecular complexity index is 1090. The lowest BCUT2D eigenvalue weighted by atomic mass is 10.0. The first kappa shape index (κ1) is 29.1. The van der Waals surface area contributed by atoms with Crippen LogP contribution in [0.1, 0.15) is 49.9 Å². The molecule has 0 spiro atoms. The minimum absolute atomic E-state index is 0.0264. The fraction of sp³-hybridized carbons (Fsp3) is 0.357. The maximum absolute atomic E-state index is 13.8. The first-order valence-electron chi connectivity index (χ1n) is 12.0. The topological polar surface area (TPSA) is 131 Å². The molecule has 0 saturated carbocycles. The second kappa shape index (κ2) is 13.2. The van der Waals surface area contributed by atoms with Gasteiger partial charge in [0.15, 0.2) is 0 Å². The lowest BCUT2D eigenvalue weighted by Crippen LogP contribution is -2.54. The molecule has 0 bridgehead atoms. The third-order valence-electron chi connectivity index (χ3n) is 5.27. The van der Waals surface area contributed by atoms with Crippen LogP contribution in [0.5, 0.6) is 0 Å². The fourth-order valence-corrected chi connectivity index (χ4v) is 3.62. The van der Waals surface area contributed by atoms with E-state index in [-0.39, 0.29) is 13.1 Å². The van der Waals surface area contributed by atoms with Gasteiger partial charge in [-0.05, 0) is 38.8 Å². The predicted octanol–water partition coefficient (Wildman–Crippen LogP) is 3.14. The summed E-state index contributed by atoms with van der Waals surface area (Å²) < 4.78 is 5.26. The number of ether oxygens (including phenoxy) is 1. The minimum Gasteiger partial charge on any atom is -0.444 e. The van der Waals surface area contributed by atoms with E-state index in [9.17, 15) is 19.2 Å². The Balaban J connectivity index is 2.42. The minimum atomic E-state index is -1.35. The quantitative estimate of drug-likeness (QED) is 0.402. The van der Waals surface area contributed by atoms with Gasteiger partial charge in [0, 0.05) is 13.1 Å². The maximum atomic E-state index is 13.8. The molecular formula is C28H36N4O5. The first-order valence-corrected chi connectivity index (χ1v) is 12.0. The van der Waals surface area contributed by atoms with Crippen LogP contribution in [0, 0.1) is 6.92 Å². The molecule has 198 valence electrons. The van der Waals surface area contributed by atoms with E-state index < -0.39 is 47.9 Å². The van der Waals surface area contributed by atoms with Crippen LogP contribution in [-0.2, 0) is 25.7 Å². The van der Waals surface area contributed by atoms with E-state index in [4.69, 9.17) is 10.5 Å². The smallest absolute Gasteiger partial charge is 0.408 e. The van der Waals surface area contributed by atoms with Gasteiger partial charge in [0.1, 0.15) is 17.7 Å². The molecule has 2 rings (SSSR count). The highest BCUT2D eigenvalue weighted by Gasteiger charge is 2.36. The van der Waals surface area contributed by atoms with Gasteiger partial charge < -0.3 is 26.0 Å². The molecule has 2 unspecified atom stereocenters. The number of carbonyl (C=O) groups is 4. The van der Waals surface area contributed by atoms with E-state index in [2.05, 4.69) is 17.2 Å². The SMILES string of the molecule is C=CCN(C(=O)C(CC(N)=O)NC(=O)OC(C)(C)C)C(C(=O)NCc1ccccc1)c1ccc(C)cc1. The number of benzene rings is 2. The number of nitrogens with two attached hydrogens (primary N) is 1. The number of alkyl carbamates (subject to hydrolysis) is 1. The summed E-state index contributed by atoms with van der Waals surface area (Å²) in [6, 6.07) is 14.1. The summed E-state index contributed by atoms with van der Waals surface area (Å²) in [5, 5.41) is 5.32. The van der Waals surface area contributed by atoms with Gasteiger partial charge in [-0.1, -0.05) is 66.2 Å². The standard InChI is InChI=1S/C28H36N4O5/c1-6-16-32(26(35)22(17-23(29)33)31-27(36)37-28(3,4)5)24(21-14-12-19(2)13-15-21)25(34)30-18-20-10-8-7-9-11-20/h6-15,22,24H,1,16-18H2,2-5H3,(H2,29,33)(H,30,34)(H,31,36). The highest BCUT2D eigenvalue weighted by molar-refractivity contribution is 5.94. The molecule has 0 aliphatic heterocycles. The van der Waals surface area contributed by atoms with Crippen LogP contribution < -0.4 is 16.4 Å². The van der Waals surface area contributed by atoms with Crippen LogP contribution in [0.3, 0.4) is 0 Å². The molecule has 0 aliphatic rings. The van der Waals surface area contributed by atoms with E-state index in [1.165, 1.54) is 11.0 Å². The van der Waals surface area contributed by atoms with Gasteiger partial charge in [0.2, 0.25) is 17.7 Å². The number of aryl methyl sites for hydroxylation is 1. The number of hydrogen-bond acceptors (Lipinski definition) is 5. The van der Waals surface area contributed by atoms with Crippen LogP contribution >= 0.6 is 0 Å². The van der Waals surface area contributed by atoms with Crippen molar-refractivity contribution in [1.29, 1.82) is 0 Å². The highest BCUT2D eigenvalue weighted by Crippen LogP contribution is 2.24. The van der Waals surface area contributed by atoms with Crippen molar-refractivity contribution in [2.75, 3.05) is 6.54 Å². The number of nitrogens with one attached hydrogen (secondary N) is 2. The van der Waals surface area contributed by atoms with Crippen molar-refractivity contribution >= 4 is 23.8 Å². The maximum Gasteiger partial charge on any atom is 0.408 e. The Hall–Kier alpha value is -4.14. The molecule has 0 heterocycles. The monoisotopic (exact) mass is 508 g/mol. The van der Waals surface area contributed by atoms with Crippen LogP contribution in [0.15, 0.2) is 67.3 Å². The van der Waals surface area contributed by atoms with Gasteiger partial charge in [0.25, 0.3) is 0 Å². The normalized spacial score (nSPS) is 12.5. The van der Waals surface area contributed by atoms with Crippen LogP contribution in [0.4, 0.5) is 4.79 Å². The Morgan fingerprint density at radius 2 is 1.68 bits per heavy atom. The van der Waals surface area contributed by atoms with Crippen LogP contribution in [0.25, 0.3) is 0 Å². The zero-order valence-electron chi connectivity index (χ0n) is 21.8. The van der Waals surface area contributed by atoms with Crippen molar-refractivity contribution in [2.45, 2.75) is 58.3 Å². The van der Waals surface area contributed by atoms with Gasteiger partial charge in [-0.2, -0.15) is 0 Å². The molecular weight excluding hydrogens is 472 g/mol. The number of primary amides is 1. The summed E-state index contributed by atoms with van der Waals surface area (Å²) in [6.07, 6.45) is 0.113. The number of hydrogen-bond donors (Lipinski definition) is 3. The third-order valence-corrected chi connectivity index (χ3v) is 5.27. The van der Waals surface area contributed by atoms with Crippen molar-refractivity contribution in [3.05, 3.63) is 83.9 Å². The third kappa shape index (κ3) is 9.44. The predicted molar refractivity (Wildman–Crippen MR) is 141 cm³/mol. The molecule has 2 atom stereocenters. The number of carbonyl (C=O) groups excluding carboxylic acids is 4. The van der Waals surface area contributed by atoms with Crippen molar-refractivity contribution < 1.29 is 23.9 Å². The van der Waals surface area contributed by atoms with E-state index in [0.29, 0.717) is 5.56 Å². The van der Waals surface area contributed by atoms with E-state index in [1.807, 2.05) is 49.4 Å². The molecule has 37 heavy (non-hydrogen) atoms. The highest BCUT2D eigenvalue weighted by atomic mass is 16.6. The molecule has 9 nitrogen and oxygen atoms in total. The van der Waals surface area contributed by atoms with Gasteiger partial charge in [-0.15, -0.1) is 6.58 Å². The Morgan fingerprint density at radius 3 is 2.22 bits per heavy atom. The summed E-state index contributed by atoms with van der Waals surface area (Å²) in [5.74, 6) is -1.91. The zero-order valence-corrected chi connectivity index (χ0v) is 21.8. The summed E-state index contributed by atoms with van der Waals surface area (Å²) in [5.41, 5.74) is 6.98. The average molecular weight is 509 g/mol. The van der Waals surface area contributed by atoms with Crippen molar-refractivity contribution in [1.82, 2.24) is 15.5 Å². The molecule has 9 heteroatoms. The Kier molecular flexibility index (Phi) is 10.4. The second-order valence-electron chi connectivity index (χ2n) is 9.67. The largest absolute Gasteiger partial charge is 0.444 e. The molecule has 2 aromatic carbocycles. The number of amides is 4. The second-order valence-corrected chi connectivity index (χ2v) is 9.67. The molecule has 0 fully saturated rings. The molecule has 0 saturated heterocycles. The zero-order chi connectivity index (χ0) is 27.6. The molecule has 4 N–H and O–H groups in total. The molecule has 4 amide bonds. The summed E-state index contributed by atoms with van der Waals surface area (Å²) in [4.78, 5) is 52.8. The summed E-state index contributed by atoms with van der Waals surface area (Å²) >= 11 is 0. The summed E-state index contributed by atoms with van der Waals surface area (Å²) in [6.45, 7) is 10.9. The Labute approximate surface area is 218 Å². The number of nitrogens with zero attached hydrogens (tertiary/aromatic N) is 1. The van der Waals surface area contributed by atoms with E-state index >= 15 is 0 Å². The lowest BCUT2D eigenvalue weighted by molar-refractivity contribution is -0.142. The van der Waals surface area contributed by atoms with Crippen molar-refractivity contribution in [2.24, 2.45) is 5.73 Å². The van der Waals surface area contributed by atoms with Gasteiger partial charge in [-0.25, -0.2) is 4.79 Å². The average Bonchev–Trinajstić information content (AvgIpc) is 2.82. The van der Waals surface area contributed by atoms with Gasteiger partial charge in [0.05, 0.1) is 6.42 Å². The molecule has 0 radical (unpaired) electrons. The van der Waals surface area contributed by atoms with Gasteiger partial charge in [-0.3, -0.25) is 14.4 Å². The first-order chi connectivity index (χ1) is 17.4. The van der Waals surface area contributed by atoms with Crippen LogP contribution in [0.2, 0.25) is 0 Å². The summed E-state index contributed by atoms with van der Waals surface area (Å²) in [7, 11) is 0. The van der Waals surface area contributed by atoms with Gasteiger partial charge >= 0.3 is 6.09 Å². The van der Waals surface area contributed by atoms with Crippen molar-refractivity contribution in [3.63, 3.8) is 0 Å². The fourth-order valence-electron chi connectivity index (χ4n) is 3.62. The number of rotatable bonds is 11. The molecule has 0 aromatic heterocycles. The Morgan fingerprint density at radius 1 is 1.05 bits per heavy atom. The van der Waals surface area contributed by atoms with E-state index in [0.717, 1.165) is 11.1 Å². The van der Waals surface area contributed by atoms with E-state index in [1.54, 1.807) is 32.9 Å². The molecule has 2 aromatic rings. The van der Waals surface area contributed by atoms with Crippen molar-refractivity contribution in [3.8, 4) is 0 Å². The molecule has 0 aliphatic carbocycles. The lowest BCUT2D eigenvalue weighted by Gasteiger charge is -2.33.